The zero-order valence-electron chi connectivity index (χ0n) is 11.4. The Morgan fingerprint density at radius 1 is 0.842 bits per heavy atom. The summed E-state index contributed by atoms with van der Waals surface area (Å²) in [6.07, 6.45) is 1.41. The number of rotatable bonds is 5. The van der Waals surface area contributed by atoms with Gasteiger partial charge in [-0.1, -0.05) is 67.6 Å². The molecule has 0 aliphatic heterocycles. The summed E-state index contributed by atoms with van der Waals surface area (Å²) in [5.41, 5.74) is 14.3. The van der Waals surface area contributed by atoms with Gasteiger partial charge in [0, 0.05) is 5.41 Å². The van der Waals surface area contributed by atoms with Crippen molar-refractivity contribution >= 4 is 0 Å². The quantitative estimate of drug-likeness (QED) is 0.806. The topological polar surface area (TPSA) is 52.0 Å². The molecule has 0 unspecified atom stereocenters. The Morgan fingerprint density at radius 3 is 1.58 bits per heavy atom. The van der Waals surface area contributed by atoms with Gasteiger partial charge in [0.2, 0.25) is 0 Å². The van der Waals surface area contributed by atoms with E-state index in [1.165, 1.54) is 11.1 Å². The van der Waals surface area contributed by atoms with E-state index in [9.17, 15) is 0 Å². The number of hydrogen-bond acceptors (Lipinski definition) is 2. The lowest BCUT2D eigenvalue weighted by molar-refractivity contribution is 0.412. The Labute approximate surface area is 115 Å². The molecule has 4 N–H and O–H groups in total. The molecule has 0 heterocycles. The monoisotopic (exact) mass is 254 g/mol. The van der Waals surface area contributed by atoms with Crippen molar-refractivity contribution in [3.05, 3.63) is 71.8 Å². The minimum atomic E-state index is -0.319. The standard InChI is InChI=1S/C17H22N2/c1-2-17(13-16(18)19,14-9-5-3-6-10-14)15-11-7-4-8-12-15/h3-12,16H,2,13,18-19H2,1H3. The normalized spacial score (nSPS) is 11.8. The van der Waals surface area contributed by atoms with Crippen LogP contribution in [0, 0.1) is 0 Å². The molecular formula is C17H22N2. The molecule has 2 nitrogen and oxygen atoms in total. The van der Waals surface area contributed by atoms with Crippen LogP contribution < -0.4 is 11.5 Å². The summed E-state index contributed by atoms with van der Waals surface area (Å²) in [7, 11) is 0. The second-order valence-corrected chi connectivity index (χ2v) is 5.04. The molecule has 19 heavy (non-hydrogen) atoms. The van der Waals surface area contributed by atoms with Crippen molar-refractivity contribution in [3.63, 3.8) is 0 Å². The highest BCUT2D eigenvalue weighted by molar-refractivity contribution is 5.39. The highest BCUT2D eigenvalue weighted by atomic mass is 14.8. The molecule has 100 valence electrons. The molecule has 0 saturated carbocycles. The van der Waals surface area contributed by atoms with Gasteiger partial charge in [0.25, 0.3) is 0 Å². The maximum absolute atomic E-state index is 5.91. The van der Waals surface area contributed by atoms with Gasteiger partial charge in [-0.15, -0.1) is 0 Å². The van der Waals surface area contributed by atoms with Gasteiger partial charge in [0.1, 0.15) is 0 Å². The lowest BCUT2D eigenvalue weighted by Gasteiger charge is -2.35. The summed E-state index contributed by atoms with van der Waals surface area (Å²) in [6, 6.07) is 21.0. The Kier molecular flexibility index (Phi) is 4.35. The zero-order valence-corrected chi connectivity index (χ0v) is 11.4. The first kappa shape index (κ1) is 13.8. The van der Waals surface area contributed by atoms with Crippen LogP contribution in [-0.2, 0) is 5.41 Å². The summed E-state index contributed by atoms with van der Waals surface area (Å²) < 4.78 is 0. The van der Waals surface area contributed by atoms with Gasteiger partial charge in [0.05, 0.1) is 6.17 Å². The molecule has 0 fully saturated rings. The van der Waals surface area contributed by atoms with Gasteiger partial charge in [-0.05, 0) is 24.0 Å². The second kappa shape index (κ2) is 6.00. The Morgan fingerprint density at radius 2 is 1.26 bits per heavy atom. The number of benzene rings is 2. The van der Waals surface area contributed by atoms with Crippen molar-refractivity contribution in [2.45, 2.75) is 31.3 Å². The molecule has 0 aliphatic rings. The fraction of sp³-hybridized carbons (Fsp3) is 0.294. The minimum absolute atomic E-state index is 0.101. The molecule has 0 spiro atoms. The third-order valence-electron chi connectivity index (χ3n) is 3.84. The van der Waals surface area contributed by atoms with Gasteiger partial charge in [0.15, 0.2) is 0 Å². The first-order valence-electron chi connectivity index (χ1n) is 6.81. The summed E-state index contributed by atoms with van der Waals surface area (Å²) in [4.78, 5) is 0. The van der Waals surface area contributed by atoms with Gasteiger partial charge < -0.3 is 11.5 Å². The van der Waals surface area contributed by atoms with E-state index in [2.05, 4.69) is 55.5 Å². The van der Waals surface area contributed by atoms with Gasteiger partial charge in [-0.25, -0.2) is 0 Å². The van der Waals surface area contributed by atoms with Gasteiger partial charge in [-0.2, -0.15) is 0 Å². The van der Waals surface area contributed by atoms with E-state index in [-0.39, 0.29) is 11.6 Å². The van der Waals surface area contributed by atoms with Gasteiger partial charge >= 0.3 is 0 Å². The highest BCUT2D eigenvalue weighted by Gasteiger charge is 2.33. The molecule has 2 aromatic carbocycles. The molecular weight excluding hydrogens is 232 g/mol. The predicted molar refractivity (Wildman–Crippen MR) is 80.7 cm³/mol. The Bertz CT molecular complexity index is 452. The van der Waals surface area contributed by atoms with Crippen molar-refractivity contribution < 1.29 is 0 Å². The Hall–Kier alpha value is -1.64. The maximum atomic E-state index is 5.91. The van der Waals surface area contributed by atoms with E-state index in [4.69, 9.17) is 11.5 Å². The molecule has 0 bridgehead atoms. The van der Waals surface area contributed by atoms with E-state index >= 15 is 0 Å². The molecule has 0 saturated heterocycles. The summed E-state index contributed by atoms with van der Waals surface area (Å²) in [5.74, 6) is 0. The van der Waals surface area contributed by atoms with Crippen LogP contribution in [-0.4, -0.2) is 6.17 Å². The SMILES string of the molecule is CCC(CC(N)N)(c1ccccc1)c1ccccc1. The maximum Gasteiger partial charge on any atom is 0.0532 e. The molecule has 2 heteroatoms. The predicted octanol–water partition coefficient (Wildman–Crippen LogP) is 3.02. The number of hydrogen-bond donors (Lipinski definition) is 2. The van der Waals surface area contributed by atoms with Crippen LogP contribution in [0.3, 0.4) is 0 Å². The zero-order chi connectivity index (χ0) is 13.7. The van der Waals surface area contributed by atoms with Crippen molar-refractivity contribution in [1.29, 1.82) is 0 Å². The highest BCUT2D eigenvalue weighted by Crippen LogP contribution is 2.38. The molecule has 0 aromatic heterocycles. The summed E-state index contributed by atoms with van der Waals surface area (Å²) in [6.45, 7) is 2.20. The van der Waals surface area contributed by atoms with Crippen molar-refractivity contribution in [1.82, 2.24) is 0 Å². The molecule has 2 rings (SSSR count). The van der Waals surface area contributed by atoms with E-state index in [0.29, 0.717) is 0 Å². The molecule has 0 atom stereocenters. The average molecular weight is 254 g/mol. The van der Waals surface area contributed by atoms with Crippen LogP contribution >= 0.6 is 0 Å². The summed E-state index contributed by atoms with van der Waals surface area (Å²) >= 11 is 0. The van der Waals surface area contributed by atoms with E-state index in [1.54, 1.807) is 0 Å². The fourth-order valence-electron chi connectivity index (χ4n) is 2.87. The van der Waals surface area contributed by atoms with Crippen LogP contribution in [0.2, 0.25) is 0 Å². The summed E-state index contributed by atoms with van der Waals surface area (Å²) in [5, 5.41) is 0. The third kappa shape index (κ3) is 2.86. The van der Waals surface area contributed by atoms with Crippen molar-refractivity contribution in [3.8, 4) is 0 Å². The average Bonchev–Trinajstić information content (AvgIpc) is 2.46. The van der Waals surface area contributed by atoms with Crippen LogP contribution in [0.1, 0.15) is 30.9 Å². The first-order chi connectivity index (χ1) is 9.19. The van der Waals surface area contributed by atoms with E-state index in [1.807, 2.05) is 12.1 Å². The fourth-order valence-corrected chi connectivity index (χ4v) is 2.87. The number of nitrogens with two attached hydrogens (primary N) is 2. The first-order valence-corrected chi connectivity index (χ1v) is 6.81. The van der Waals surface area contributed by atoms with Crippen molar-refractivity contribution in [2.24, 2.45) is 11.5 Å². The van der Waals surface area contributed by atoms with E-state index in [0.717, 1.165) is 12.8 Å². The van der Waals surface area contributed by atoms with Crippen LogP contribution in [0.25, 0.3) is 0 Å². The molecule has 0 radical (unpaired) electrons. The Balaban J connectivity index is 2.55. The minimum Gasteiger partial charge on any atom is -0.316 e. The second-order valence-electron chi connectivity index (χ2n) is 5.04. The molecule has 2 aromatic rings. The largest absolute Gasteiger partial charge is 0.316 e. The lowest BCUT2D eigenvalue weighted by Crippen LogP contribution is -2.40. The van der Waals surface area contributed by atoms with E-state index < -0.39 is 0 Å². The molecule has 0 amide bonds. The van der Waals surface area contributed by atoms with Crippen LogP contribution in [0.5, 0.6) is 0 Å². The van der Waals surface area contributed by atoms with Crippen LogP contribution in [0.4, 0.5) is 0 Å². The molecule has 0 aliphatic carbocycles. The smallest absolute Gasteiger partial charge is 0.0532 e. The van der Waals surface area contributed by atoms with Gasteiger partial charge in [-0.3, -0.25) is 0 Å². The lowest BCUT2D eigenvalue weighted by atomic mass is 9.69. The van der Waals surface area contributed by atoms with Crippen LogP contribution in [0.15, 0.2) is 60.7 Å². The van der Waals surface area contributed by atoms with Crippen molar-refractivity contribution in [2.75, 3.05) is 0 Å². The third-order valence-corrected chi connectivity index (χ3v) is 3.84.